The number of fused-ring (bicyclic) bond motifs is 2. The molecule has 2 aliphatic heterocycles. The fourth-order valence-corrected chi connectivity index (χ4v) is 7.94. The van der Waals surface area contributed by atoms with E-state index in [2.05, 4.69) is 0 Å². The number of halogens is 10. The topological polar surface area (TPSA) is 49.2 Å². The zero-order valence-corrected chi connectivity index (χ0v) is 26.1. The predicted molar refractivity (Wildman–Crippen MR) is 149 cm³/mol. The maximum absolute atomic E-state index is 14.8. The number of hydrogen-bond donors (Lipinski definition) is 0. The van der Waals surface area contributed by atoms with Gasteiger partial charge in [0.15, 0.2) is 11.6 Å². The number of hydrogen-bond acceptors (Lipinski definition) is 5. The molecule has 0 saturated heterocycles. The summed E-state index contributed by atoms with van der Waals surface area (Å²) >= 11 is 0. The van der Waals surface area contributed by atoms with E-state index in [4.69, 9.17) is 22.1 Å². The van der Waals surface area contributed by atoms with Crippen molar-refractivity contribution in [3.63, 3.8) is 0 Å². The van der Waals surface area contributed by atoms with E-state index in [1.807, 2.05) is 0 Å². The predicted octanol–water partition coefficient (Wildman–Crippen LogP) is 8.19. The normalized spacial score (nSPS) is 15.5. The van der Waals surface area contributed by atoms with Crippen LogP contribution in [0.1, 0.15) is 33.3 Å². The molecule has 0 atom stereocenters. The third-order valence-corrected chi connectivity index (χ3v) is 9.57. The van der Waals surface area contributed by atoms with Crippen molar-refractivity contribution in [2.45, 2.75) is 39.8 Å². The second-order valence-corrected chi connectivity index (χ2v) is 13.5. The molecule has 0 aromatic heterocycles. The Hall–Kier alpha value is -4.93. The smallest absolute Gasteiger partial charge is 0.158 e. The van der Waals surface area contributed by atoms with Gasteiger partial charge in [-0.15, -0.1) is 0 Å². The van der Waals surface area contributed by atoms with Gasteiger partial charge in [0.25, 0.3) is 0 Å². The van der Waals surface area contributed by atoms with Crippen LogP contribution < -0.4 is 17.7 Å². The molecule has 4 aromatic rings. The third kappa shape index (κ3) is 5.65. The van der Waals surface area contributed by atoms with Crippen LogP contribution in [0.15, 0.2) is 54.6 Å². The second-order valence-electron chi connectivity index (χ2n) is 10.9. The van der Waals surface area contributed by atoms with E-state index >= 15 is 0 Å². The van der Waals surface area contributed by atoms with Crippen molar-refractivity contribution < 1.29 is 70.6 Å². The first kappa shape index (κ1) is 34.4. The van der Waals surface area contributed by atoms with Gasteiger partial charge in [-0.25, -0.2) is 8.78 Å². The molecule has 6 rings (SSSR count). The minimum atomic E-state index is -6.82. The van der Waals surface area contributed by atoms with Crippen molar-refractivity contribution in [1.82, 2.24) is 0 Å². The Bertz CT molecular complexity index is 1770. The van der Waals surface area contributed by atoms with E-state index < -0.39 is 102 Å². The summed E-state index contributed by atoms with van der Waals surface area (Å²) in [4.78, 5) is 0. The Morgan fingerprint density at radius 2 is 0.812 bits per heavy atom. The molecule has 0 N–H and O–H groups in total. The van der Waals surface area contributed by atoms with Crippen molar-refractivity contribution in [3.05, 3.63) is 118 Å². The molecule has 256 valence electrons. The molecule has 4 aromatic carbocycles. The zero-order chi connectivity index (χ0) is 35.3. The van der Waals surface area contributed by atoms with Gasteiger partial charge < -0.3 is 0 Å². The van der Waals surface area contributed by atoms with Gasteiger partial charge in [0.2, 0.25) is 0 Å². The van der Waals surface area contributed by atoms with Gasteiger partial charge in [-0.3, -0.25) is 0 Å². The first-order valence-corrected chi connectivity index (χ1v) is 16.0. The van der Waals surface area contributed by atoms with Gasteiger partial charge >= 0.3 is 222 Å². The molecular weight excluding hydrogens is 684 g/mol. The van der Waals surface area contributed by atoms with Crippen LogP contribution in [-0.2, 0) is 4.43 Å². The van der Waals surface area contributed by atoms with Crippen LogP contribution in [-0.4, -0.2) is 31.1 Å². The molecule has 0 fully saturated rings. The van der Waals surface area contributed by atoms with Gasteiger partial charge in [-0.05, 0) is 12.1 Å². The van der Waals surface area contributed by atoms with E-state index in [9.17, 15) is 43.9 Å². The molecule has 0 radical (unpaired) electrons. The summed E-state index contributed by atoms with van der Waals surface area (Å²) in [7, 11) is -6.82. The van der Waals surface area contributed by atoms with Crippen molar-refractivity contribution in [2.75, 3.05) is 0 Å². The Morgan fingerprint density at radius 1 is 0.500 bits per heavy atom. The minimum Gasteiger partial charge on any atom is -0.204 e. The van der Waals surface area contributed by atoms with Gasteiger partial charge in [0, 0.05) is 0 Å². The standard InChI is InChI=1S/C25H19F8NO5Si.C6H4F2/c1-10(2)34(11(3)4)25(12-8-6-5-7-9-12)39-40(35-21-17(30)13(26)14(27)18(31)22(21)36-40)37-23-19(32)15(28)16(29)20(33)24(23)38-40;7-5-3-1-2-4-6(5)8/h5-11H,1-4H3;1-4H. The van der Waals surface area contributed by atoms with Crippen LogP contribution >= 0.6 is 0 Å². The SMILES string of the molecule is CC(C)[N+](=C(O[Si-]12(Oc3c(F)c(F)c(F)c(F)c3O1)Oc1c(F)c(F)c(F)c(F)c1O2)c1ccccc1)C(C)C.Fc1ccccc1F. The Balaban J connectivity index is 0.000000494. The Morgan fingerprint density at radius 3 is 1.10 bits per heavy atom. The number of nitrogens with zero attached hydrogens (tertiary/aromatic N) is 1. The maximum atomic E-state index is 14.8. The summed E-state index contributed by atoms with van der Waals surface area (Å²) in [6.07, 6.45) is 0. The van der Waals surface area contributed by atoms with Gasteiger partial charge in [-0.2, -0.15) is 0 Å². The first-order valence-electron chi connectivity index (χ1n) is 14.0. The van der Waals surface area contributed by atoms with Crippen molar-refractivity contribution in [1.29, 1.82) is 0 Å². The second kappa shape index (κ2) is 12.3. The van der Waals surface area contributed by atoms with Crippen molar-refractivity contribution >= 4 is 14.5 Å². The number of benzene rings is 4. The minimum absolute atomic E-state index is 0.220. The Kier molecular flexibility index (Phi) is 8.79. The summed E-state index contributed by atoms with van der Waals surface area (Å²) in [6, 6.07) is 12.0. The van der Waals surface area contributed by atoms with Crippen LogP contribution in [0, 0.1) is 58.2 Å². The average molecular weight is 708 g/mol. The van der Waals surface area contributed by atoms with Crippen LogP contribution in [0.2, 0.25) is 0 Å². The van der Waals surface area contributed by atoms with Gasteiger partial charge in [-0.1, -0.05) is 12.1 Å². The molecule has 0 unspecified atom stereocenters. The molecule has 0 bridgehead atoms. The fourth-order valence-electron chi connectivity index (χ4n) is 4.93. The van der Waals surface area contributed by atoms with Crippen molar-refractivity contribution in [3.8, 4) is 23.0 Å². The first-order chi connectivity index (χ1) is 22.5. The summed E-state index contributed by atoms with van der Waals surface area (Å²) in [6.45, 7) is 6.85. The molecule has 0 amide bonds. The molecular formula is C31H23F10NO5Si. The van der Waals surface area contributed by atoms with Crippen LogP contribution in [0.25, 0.3) is 0 Å². The molecule has 0 aliphatic carbocycles. The van der Waals surface area contributed by atoms with E-state index in [1.54, 1.807) is 50.5 Å². The zero-order valence-electron chi connectivity index (χ0n) is 25.1. The van der Waals surface area contributed by atoms with Crippen LogP contribution in [0.3, 0.4) is 0 Å². The summed E-state index contributed by atoms with van der Waals surface area (Å²) < 4.78 is 169. The van der Waals surface area contributed by atoms with E-state index in [0.717, 1.165) is 12.1 Å². The molecule has 48 heavy (non-hydrogen) atoms. The Labute approximate surface area is 266 Å². The van der Waals surface area contributed by atoms with Crippen LogP contribution in [0.4, 0.5) is 43.9 Å². The molecule has 2 aliphatic rings. The quantitative estimate of drug-likeness (QED) is 0.0408. The fraction of sp³-hybridized carbons (Fsp3) is 0.194. The molecule has 17 heteroatoms. The van der Waals surface area contributed by atoms with Gasteiger partial charge in [0.05, 0.1) is 0 Å². The van der Waals surface area contributed by atoms with E-state index in [0.29, 0.717) is 0 Å². The number of rotatable bonds is 4. The third-order valence-electron chi connectivity index (χ3n) is 6.90. The molecule has 2 heterocycles. The summed E-state index contributed by atoms with van der Waals surface area (Å²) in [5, 5.41) is 0. The largest absolute Gasteiger partial charge is 0.204 e. The molecule has 0 saturated carbocycles. The van der Waals surface area contributed by atoms with Crippen molar-refractivity contribution in [2.24, 2.45) is 0 Å². The summed E-state index contributed by atoms with van der Waals surface area (Å²) in [5.41, 5.74) is 0.220. The average Bonchev–Trinajstić information content (AvgIpc) is 3.58. The van der Waals surface area contributed by atoms with Gasteiger partial charge in [0.1, 0.15) is 0 Å². The van der Waals surface area contributed by atoms with E-state index in [-0.39, 0.29) is 11.5 Å². The molecule has 6 nitrogen and oxygen atoms in total. The summed E-state index contributed by atoms with van der Waals surface area (Å²) in [5.74, 6) is -25.5. The monoisotopic (exact) mass is 707 g/mol. The maximum Gasteiger partial charge on any atom is 0.158 e. The van der Waals surface area contributed by atoms with E-state index in [1.165, 1.54) is 24.3 Å². The van der Waals surface area contributed by atoms with Crippen LogP contribution in [0.5, 0.6) is 23.0 Å². The molecule has 1 spiro atoms.